The van der Waals surface area contributed by atoms with Crippen molar-refractivity contribution in [3.8, 4) is 5.75 Å². The van der Waals surface area contributed by atoms with Crippen LogP contribution in [-0.2, 0) is 4.79 Å². The van der Waals surface area contributed by atoms with Crippen molar-refractivity contribution in [2.24, 2.45) is 0 Å². The minimum atomic E-state index is -0.640. The van der Waals surface area contributed by atoms with Gasteiger partial charge in [0.25, 0.3) is 5.91 Å². The number of aryl methyl sites for hydroxylation is 1. The molecule has 6 heteroatoms. The lowest BCUT2D eigenvalue weighted by atomic mass is 9.99. The minimum absolute atomic E-state index is 0.0709. The number of para-hydroxylation sites is 1. The van der Waals surface area contributed by atoms with Crippen molar-refractivity contribution >= 4 is 23.7 Å². The first kappa shape index (κ1) is 15.2. The van der Waals surface area contributed by atoms with E-state index in [1.165, 1.54) is 4.90 Å². The van der Waals surface area contributed by atoms with E-state index >= 15 is 0 Å². The number of thioether (sulfide) groups is 1. The zero-order chi connectivity index (χ0) is 15.6. The summed E-state index contributed by atoms with van der Waals surface area (Å²) in [6, 6.07) is 7.56. The van der Waals surface area contributed by atoms with Crippen LogP contribution in [0.1, 0.15) is 18.4 Å². The molecule has 2 aliphatic rings. The SMILES string of the molecule is Cc1ccccc1OCCCN1C(=O)N[C@@]2(CCSC2)C1=O. The molecule has 1 atom stereocenters. The van der Waals surface area contributed by atoms with Crippen molar-refractivity contribution in [1.29, 1.82) is 0 Å². The Balaban J connectivity index is 1.51. The topological polar surface area (TPSA) is 58.6 Å². The molecule has 2 saturated heterocycles. The maximum atomic E-state index is 12.4. The molecule has 2 aliphatic heterocycles. The summed E-state index contributed by atoms with van der Waals surface area (Å²) in [7, 11) is 0. The Morgan fingerprint density at radius 3 is 2.91 bits per heavy atom. The number of hydrogen-bond donors (Lipinski definition) is 1. The van der Waals surface area contributed by atoms with E-state index in [4.69, 9.17) is 4.74 Å². The number of nitrogens with one attached hydrogen (secondary N) is 1. The van der Waals surface area contributed by atoms with E-state index in [0.717, 1.165) is 23.5 Å². The largest absolute Gasteiger partial charge is 0.493 e. The van der Waals surface area contributed by atoms with E-state index in [-0.39, 0.29) is 11.9 Å². The van der Waals surface area contributed by atoms with Gasteiger partial charge in [-0.1, -0.05) is 18.2 Å². The van der Waals surface area contributed by atoms with E-state index in [1.54, 1.807) is 11.8 Å². The van der Waals surface area contributed by atoms with Gasteiger partial charge in [-0.2, -0.15) is 11.8 Å². The molecule has 0 aromatic heterocycles. The second-order valence-corrected chi connectivity index (χ2v) is 6.84. The Labute approximate surface area is 134 Å². The van der Waals surface area contributed by atoms with Gasteiger partial charge in [-0.25, -0.2) is 4.79 Å². The Morgan fingerprint density at radius 1 is 1.36 bits per heavy atom. The maximum Gasteiger partial charge on any atom is 0.325 e. The van der Waals surface area contributed by atoms with Crippen molar-refractivity contribution in [2.45, 2.75) is 25.3 Å². The Hall–Kier alpha value is -1.69. The first-order valence-electron chi connectivity index (χ1n) is 7.53. The van der Waals surface area contributed by atoms with Gasteiger partial charge in [0.1, 0.15) is 11.3 Å². The predicted molar refractivity (Wildman–Crippen MR) is 86.2 cm³/mol. The highest BCUT2D eigenvalue weighted by Crippen LogP contribution is 2.33. The molecule has 0 saturated carbocycles. The fraction of sp³-hybridized carbons (Fsp3) is 0.500. The molecule has 0 radical (unpaired) electrons. The second-order valence-electron chi connectivity index (χ2n) is 5.74. The number of carbonyl (C=O) groups excluding carboxylic acids is 2. The number of ether oxygens (including phenoxy) is 1. The summed E-state index contributed by atoms with van der Waals surface area (Å²) in [6.45, 7) is 2.89. The second kappa shape index (κ2) is 6.20. The zero-order valence-electron chi connectivity index (χ0n) is 12.6. The highest BCUT2D eigenvalue weighted by molar-refractivity contribution is 7.99. The number of urea groups is 1. The lowest BCUT2D eigenvalue weighted by Gasteiger charge is -2.19. The third kappa shape index (κ3) is 2.79. The summed E-state index contributed by atoms with van der Waals surface area (Å²) >= 11 is 1.72. The van der Waals surface area contributed by atoms with Gasteiger partial charge in [-0.3, -0.25) is 9.69 Å². The fourth-order valence-electron chi connectivity index (χ4n) is 2.83. The van der Waals surface area contributed by atoms with Crippen LogP contribution in [-0.4, -0.2) is 47.0 Å². The molecule has 3 amide bonds. The van der Waals surface area contributed by atoms with Gasteiger partial charge < -0.3 is 10.1 Å². The number of imide groups is 1. The Kier molecular flexibility index (Phi) is 4.29. The van der Waals surface area contributed by atoms with Crippen molar-refractivity contribution in [1.82, 2.24) is 10.2 Å². The Bertz CT molecular complexity index is 585. The lowest BCUT2D eigenvalue weighted by molar-refractivity contribution is -0.130. The standard InChI is InChI=1S/C16H20N2O3S/c1-12-5-2-3-6-13(12)21-9-4-8-18-14(19)16(17-15(18)20)7-10-22-11-16/h2-3,5-6H,4,7-11H2,1H3,(H,17,20)/t16-/m1/s1. The zero-order valence-corrected chi connectivity index (χ0v) is 13.4. The van der Waals surface area contributed by atoms with E-state index in [2.05, 4.69) is 5.32 Å². The summed E-state index contributed by atoms with van der Waals surface area (Å²) in [5.74, 6) is 2.39. The van der Waals surface area contributed by atoms with Crippen LogP contribution in [0.15, 0.2) is 24.3 Å². The summed E-state index contributed by atoms with van der Waals surface area (Å²) in [5, 5.41) is 2.87. The van der Waals surface area contributed by atoms with Crippen molar-refractivity contribution in [2.75, 3.05) is 24.7 Å². The van der Waals surface area contributed by atoms with Crippen LogP contribution in [0.4, 0.5) is 4.79 Å². The average Bonchev–Trinajstić information content (AvgIpc) is 3.05. The molecule has 1 aromatic rings. The molecule has 0 unspecified atom stereocenters. The van der Waals surface area contributed by atoms with Crippen LogP contribution >= 0.6 is 11.8 Å². The average molecular weight is 320 g/mol. The van der Waals surface area contributed by atoms with Crippen molar-refractivity contribution in [3.63, 3.8) is 0 Å². The predicted octanol–water partition coefficient (Wildman–Crippen LogP) is 2.19. The number of benzene rings is 1. The minimum Gasteiger partial charge on any atom is -0.493 e. The van der Waals surface area contributed by atoms with Crippen molar-refractivity contribution in [3.05, 3.63) is 29.8 Å². The van der Waals surface area contributed by atoms with E-state index in [0.29, 0.717) is 25.3 Å². The molecule has 0 bridgehead atoms. The third-order valence-corrected chi connectivity index (χ3v) is 5.33. The van der Waals surface area contributed by atoms with Gasteiger partial charge >= 0.3 is 6.03 Å². The highest BCUT2D eigenvalue weighted by Gasteiger charge is 2.52. The van der Waals surface area contributed by atoms with Gasteiger partial charge in [0.15, 0.2) is 0 Å². The third-order valence-electron chi connectivity index (χ3n) is 4.14. The molecule has 3 rings (SSSR count). The van der Waals surface area contributed by atoms with Gasteiger partial charge in [0.2, 0.25) is 0 Å². The fourth-order valence-corrected chi connectivity index (χ4v) is 4.16. The van der Waals surface area contributed by atoms with Gasteiger partial charge in [-0.15, -0.1) is 0 Å². The lowest BCUT2D eigenvalue weighted by Crippen LogP contribution is -2.47. The number of rotatable bonds is 5. The molecule has 5 nitrogen and oxygen atoms in total. The van der Waals surface area contributed by atoms with Gasteiger partial charge in [0.05, 0.1) is 6.61 Å². The molecular formula is C16H20N2O3S. The van der Waals surface area contributed by atoms with Gasteiger partial charge in [0, 0.05) is 12.3 Å². The normalized spacial score (nSPS) is 24.1. The molecule has 2 heterocycles. The molecule has 0 aliphatic carbocycles. The highest BCUT2D eigenvalue weighted by atomic mass is 32.2. The summed E-state index contributed by atoms with van der Waals surface area (Å²) in [4.78, 5) is 25.8. The maximum absolute atomic E-state index is 12.4. The quantitative estimate of drug-likeness (QED) is 0.667. The molecule has 1 aromatic carbocycles. The van der Waals surface area contributed by atoms with Crippen LogP contribution in [0.2, 0.25) is 0 Å². The van der Waals surface area contributed by atoms with Crippen LogP contribution in [0.25, 0.3) is 0 Å². The summed E-state index contributed by atoms with van der Waals surface area (Å²) in [6.07, 6.45) is 1.37. The first-order chi connectivity index (χ1) is 10.6. The number of nitrogens with zero attached hydrogens (tertiary/aromatic N) is 1. The van der Waals surface area contributed by atoms with Crippen LogP contribution in [0.3, 0.4) is 0 Å². The Morgan fingerprint density at radius 2 is 2.18 bits per heavy atom. The summed E-state index contributed by atoms with van der Waals surface area (Å²) < 4.78 is 5.71. The van der Waals surface area contributed by atoms with Crippen molar-refractivity contribution < 1.29 is 14.3 Å². The van der Waals surface area contributed by atoms with E-state index in [9.17, 15) is 9.59 Å². The number of carbonyl (C=O) groups is 2. The molecular weight excluding hydrogens is 300 g/mol. The van der Waals surface area contributed by atoms with Crippen LogP contribution in [0, 0.1) is 6.92 Å². The summed E-state index contributed by atoms with van der Waals surface area (Å²) in [5.41, 5.74) is 0.443. The molecule has 1 N–H and O–H groups in total. The number of hydrogen-bond acceptors (Lipinski definition) is 4. The van der Waals surface area contributed by atoms with Crippen LogP contribution < -0.4 is 10.1 Å². The molecule has 2 fully saturated rings. The smallest absolute Gasteiger partial charge is 0.325 e. The molecule has 22 heavy (non-hydrogen) atoms. The van der Waals surface area contributed by atoms with Gasteiger partial charge in [-0.05, 0) is 37.1 Å². The van der Waals surface area contributed by atoms with Crippen LogP contribution in [0.5, 0.6) is 5.75 Å². The number of amides is 3. The molecule has 1 spiro atoms. The molecule has 118 valence electrons. The first-order valence-corrected chi connectivity index (χ1v) is 8.68. The monoisotopic (exact) mass is 320 g/mol. The van der Waals surface area contributed by atoms with E-state index < -0.39 is 5.54 Å². The van der Waals surface area contributed by atoms with E-state index in [1.807, 2.05) is 31.2 Å².